The standard InChI is InChI=1S/C16H18FN3O2S/c17-12-3-1-11(2-4-12)13-9-14(20-19-13)15(21)18-10-16(22)5-7-23-8-6-16/h1-4,9,22H,5-8,10H2,(H,18,21)(H,19,20). The first kappa shape index (κ1) is 16.0. The van der Waals surface area contributed by atoms with Crippen LogP contribution >= 0.6 is 11.8 Å². The maximum atomic E-state index is 12.9. The lowest BCUT2D eigenvalue weighted by atomic mass is 9.97. The minimum atomic E-state index is -0.819. The molecule has 0 aliphatic carbocycles. The van der Waals surface area contributed by atoms with Crippen molar-refractivity contribution in [1.82, 2.24) is 15.5 Å². The summed E-state index contributed by atoms with van der Waals surface area (Å²) in [6.45, 7) is 0.233. The van der Waals surface area contributed by atoms with Crippen molar-refractivity contribution in [3.05, 3.63) is 41.8 Å². The van der Waals surface area contributed by atoms with E-state index in [0.29, 0.717) is 24.2 Å². The minimum absolute atomic E-state index is 0.233. The van der Waals surface area contributed by atoms with Gasteiger partial charge < -0.3 is 10.4 Å². The number of carbonyl (C=O) groups is 1. The van der Waals surface area contributed by atoms with Crippen molar-refractivity contribution in [2.45, 2.75) is 18.4 Å². The van der Waals surface area contributed by atoms with Crippen molar-refractivity contribution in [3.63, 3.8) is 0 Å². The Bertz CT molecular complexity index is 681. The summed E-state index contributed by atoms with van der Waals surface area (Å²) < 4.78 is 12.9. The third-order valence-electron chi connectivity index (χ3n) is 3.96. The van der Waals surface area contributed by atoms with Gasteiger partial charge in [0.05, 0.1) is 11.3 Å². The molecule has 5 nitrogen and oxygen atoms in total. The topological polar surface area (TPSA) is 78.0 Å². The van der Waals surface area contributed by atoms with Crippen molar-refractivity contribution in [2.24, 2.45) is 0 Å². The number of benzene rings is 1. The largest absolute Gasteiger partial charge is 0.388 e. The van der Waals surface area contributed by atoms with Gasteiger partial charge in [-0.15, -0.1) is 0 Å². The highest BCUT2D eigenvalue weighted by atomic mass is 32.2. The number of aromatic nitrogens is 2. The lowest BCUT2D eigenvalue weighted by Gasteiger charge is -2.31. The Morgan fingerprint density at radius 1 is 1.35 bits per heavy atom. The third kappa shape index (κ3) is 3.92. The first-order chi connectivity index (χ1) is 11.1. The van der Waals surface area contributed by atoms with E-state index in [1.165, 1.54) is 12.1 Å². The van der Waals surface area contributed by atoms with E-state index in [0.717, 1.165) is 17.1 Å². The first-order valence-corrected chi connectivity index (χ1v) is 8.61. The molecule has 2 heterocycles. The Hall–Kier alpha value is -1.86. The lowest BCUT2D eigenvalue weighted by molar-refractivity contribution is 0.0310. The number of nitrogens with zero attached hydrogens (tertiary/aromatic N) is 1. The van der Waals surface area contributed by atoms with Gasteiger partial charge in [0.2, 0.25) is 0 Å². The fourth-order valence-corrected chi connectivity index (χ4v) is 3.73. The number of thioether (sulfide) groups is 1. The second-order valence-corrected chi connectivity index (χ2v) is 6.92. The fourth-order valence-electron chi connectivity index (χ4n) is 2.47. The highest BCUT2D eigenvalue weighted by Crippen LogP contribution is 2.26. The predicted octanol–water partition coefficient (Wildman–Crippen LogP) is 2.20. The van der Waals surface area contributed by atoms with E-state index in [1.54, 1.807) is 18.2 Å². The van der Waals surface area contributed by atoms with Gasteiger partial charge in [-0.05, 0) is 54.7 Å². The number of hydrogen-bond acceptors (Lipinski definition) is 4. The molecule has 1 aliphatic heterocycles. The zero-order valence-electron chi connectivity index (χ0n) is 12.5. The first-order valence-electron chi connectivity index (χ1n) is 7.45. The number of aliphatic hydroxyl groups is 1. The van der Waals surface area contributed by atoms with E-state index in [9.17, 15) is 14.3 Å². The summed E-state index contributed by atoms with van der Waals surface area (Å²) in [5.41, 5.74) is 0.798. The summed E-state index contributed by atoms with van der Waals surface area (Å²) in [6, 6.07) is 7.52. The molecule has 0 radical (unpaired) electrons. The van der Waals surface area contributed by atoms with Gasteiger partial charge in [0, 0.05) is 12.1 Å². The van der Waals surface area contributed by atoms with E-state index < -0.39 is 5.60 Å². The van der Waals surface area contributed by atoms with Crippen molar-refractivity contribution in [1.29, 1.82) is 0 Å². The van der Waals surface area contributed by atoms with Crippen molar-refractivity contribution >= 4 is 17.7 Å². The number of aromatic amines is 1. The summed E-state index contributed by atoms with van der Waals surface area (Å²) in [5.74, 6) is 1.19. The quantitative estimate of drug-likeness (QED) is 0.800. The number of rotatable bonds is 4. The number of H-pyrrole nitrogens is 1. The minimum Gasteiger partial charge on any atom is -0.388 e. The van der Waals surface area contributed by atoms with E-state index in [-0.39, 0.29) is 18.3 Å². The maximum Gasteiger partial charge on any atom is 0.269 e. The lowest BCUT2D eigenvalue weighted by Crippen LogP contribution is -2.45. The predicted molar refractivity (Wildman–Crippen MR) is 87.8 cm³/mol. The molecule has 1 aromatic carbocycles. The van der Waals surface area contributed by atoms with Crippen LogP contribution < -0.4 is 5.32 Å². The molecule has 1 saturated heterocycles. The van der Waals surface area contributed by atoms with Crippen LogP contribution in [-0.4, -0.2) is 44.9 Å². The fraction of sp³-hybridized carbons (Fsp3) is 0.375. The Balaban J connectivity index is 1.63. The monoisotopic (exact) mass is 335 g/mol. The Morgan fingerprint density at radius 2 is 2.04 bits per heavy atom. The van der Waals surface area contributed by atoms with Crippen LogP contribution in [0.15, 0.2) is 30.3 Å². The van der Waals surface area contributed by atoms with Crippen LogP contribution in [0.25, 0.3) is 11.3 Å². The molecule has 1 amide bonds. The number of halogens is 1. The Labute approximate surface area is 137 Å². The SMILES string of the molecule is O=C(NCC1(O)CCSCC1)c1cc(-c2ccc(F)cc2)n[nH]1. The molecule has 0 saturated carbocycles. The molecule has 1 aliphatic rings. The molecule has 0 spiro atoms. The average molecular weight is 335 g/mol. The number of amides is 1. The van der Waals surface area contributed by atoms with Crippen LogP contribution in [0.4, 0.5) is 4.39 Å². The summed E-state index contributed by atoms with van der Waals surface area (Å²) in [6.07, 6.45) is 1.36. The summed E-state index contributed by atoms with van der Waals surface area (Å²) in [7, 11) is 0. The molecule has 0 bridgehead atoms. The van der Waals surface area contributed by atoms with Crippen LogP contribution in [0.5, 0.6) is 0 Å². The van der Waals surface area contributed by atoms with Gasteiger partial charge in [-0.3, -0.25) is 9.89 Å². The number of carbonyl (C=O) groups excluding carboxylic acids is 1. The van der Waals surface area contributed by atoms with Gasteiger partial charge in [0.1, 0.15) is 11.5 Å². The summed E-state index contributed by atoms with van der Waals surface area (Å²) >= 11 is 1.81. The Kier molecular flexibility index (Phi) is 4.68. The zero-order chi connectivity index (χ0) is 16.3. The van der Waals surface area contributed by atoms with Gasteiger partial charge in [-0.25, -0.2) is 4.39 Å². The Morgan fingerprint density at radius 3 is 2.74 bits per heavy atom. The second kappa shape index (κ2) is 6.72. The van der Waals surface area contributed by atoms with Crippen LogP contribution in [0.3, 0.4) is 0 Å². The highest BCUT2D eigenvalue weighted by Gasteiger charge is 2.30. The van der Waals surface area contributed by atoms with Crippen molar-refractivity contribution in [2.75, 3.05) is 18.1 Å². The van der Waals surface area contributed by atoms with E-state index in [4.69, 9.17) is 0 Å². The van der Waals surface area contributed by atoms with Crippen molar-refractivity contribution in [3.8, 4) is 11.3 Å². The highest BCUT2D eigenvalue weighted by molar-refractivity contribution is 7.99. The van der Waals surface area contributed by atoms with Crippen LogP contribution in [0.2, 0.25) is 0 Å². The van der Waals surface area contributed by atoms with Crippen LogP contribution in [0, 0.1) is 5.82 Å². The molecule has 3 N–H and O–H groups in total. The number of hydrogen-bond donors (Lipinski definition) is 3. The smallest absolute Gasteiger partial charge is 0.269 e. The van der Waals surface area contributed by atoms with Gasteiger partial charge in [0.15, 0.2) is 0 Å². The normalized spacial score (nSPS) is 17.0. The average Bonchev–Trinajstić information content (AvgIpc) is 3.04. The molecule has 0 unspecified atom stereocenters. The van der Waals surface area contributed by atoms with Crippen LogP contribution in [0.1, 0.15) is 23.3 Å². The maximum absolute atomic E-state index is 12.9. The zero-order valence-corrected chi connectivity index (χ0v) is 13.3. The van der Waals surface area contributed by atoms with Gasteiger partial charge >= 0.3 is 0 Å². The van der Waals surface area contributed by atoms with Gasteiger partial charge in [-0.1, -0.05) is 0 Å². The second-order valence-electron chi connectivity index (χ2n) is 5.69. The molecular weight excluding hydrogens is 317 g/mol. The number of nitrogens with one attached hydrogen (secondary N) is 2. The molecule has 1 aromatic heterocycles. The van der Waals surface area contributed by atoms with E-state index in [1.807, 2.05) is 11.8 Å². The van der Waals surface area contributed by atoms with E-state index in [2.05, 4.69) is 15.5 Å². The molecule has 122 valence electrons. The molecule has 2 aromatic rings. The summed E-state index contributed by atoms with van der Waals surface area (Å²) in [4.78, 5) is 12.2. The molecule has 1 fully saturated rings. The van der Waals surface area contributed by atoms with Gasteiger partial charge in [-0.2, -0.15) is 16.9 Å². The molecule has 0 atom stereocenters. The van der Waals surface area contributed by atoms with Gasteiger partial charge in [0.25, 0.3) is 5.91 Å². The molecule has 3 rings (SSSR count). The van der Waals surface area contributed by atoms with E-state index >= 15 is 0 Å². The van der Waals surface area contributed by atoms with Crippen LogP contribution in [-0.2, 0) is 0 Å². The summed E-state index contributed by atoms with van der Waals surface area (Å²) in [5, 5.41) is 19.9. The third-order valence-corrected chi connectivity index (χ3v) is 4.95. The van der Waals surface area contributed by atoms with Crippen molar-refractivity contribution < 1.29 is 14.3 Å². The molecule has 23 heavy (non-hydrogen) atoms. The molecular formula is C16H18FN3O2S. The molecule has 7 heteroatoms.